The number of hydrogen-bond donors (Lipinski definition) is 0. The zero-order chi connectivity index (χ0) is 19.1. The summed E-state index contributed by atoms with van der Waals surface area (Å²) in [6, 6.07) is 0. The lowest BCUT2D eigenvalue weighted by Crippen LogP contribution is -2.09. The van der Waals surface area contributed by atoms with Gasteiger partial charge < -0.3 is 22.6 Å². The molecular weight excluding hydrogens is 386 g/mol. The summed E-state index contributed by atoms with van der Waals surface area (Å²) in [6.45, 7) is 12.5. The Kier molecular flexibility index (Phi) is 18.5. The Morgan fingerprint density at radius 3 is 1.33 bits per heavy atom. The standard InChI is InChI=1S/C10H23O3PS.C5H13O2PS/c1-5-10(6-2)9-13-14(15,11-7-3)12-8-4;1-4-6-8(3,9)7-5-2/h10H,5-9H2,1-4H3;4-5H2,1-3H3. The van der Waals surface area contributed by atoms with Crippen LogP contribution >= 0.6 is 13.2 Å². The van der Waals surface area contributed by atoms with Crippen molar-refractivity contribution in [3.05, 3.63) is 0 Å². The van der Waals surface area contributed by atoms with Crippen molar-refractivity contribution in [1.82, 2.24) is 0 Å². The summed E-state index contributed by atoms with van der Waals surface area (Å²) in [5, 5.41) is 0. The third-order valence-corrected chi connectivity index (χ3v) is 7.57. The van der Waals surface area contributed by atoms with Crippen molar-refractivity contribution in [1.29, 1.82) is 0 Å². The molecule has 0 rings (SSSR count). The molecule has 9 heteroatoms. The zero-order valence-corrected chi connectivity index (χ0v) is 19.7. The molecule has 0 radical (unpaired) electrons. The quantitative estimate of drug-likeness (QED) is 0.351. The van der Waals surface area contributed by atoms with Crippen LogP contribution in [-0.2, 0) is 46.2 Å². The smallest absolute Gasteiger partial charge is 0.327 e. The van der Waals surface area contributed by atoms with E-state index in [1.807, 2.05) is 34.4 Å². The summed E-state index contributed by atoms with van der Waals surface area (Å²) in [4.78, 5) is 0. The van der Waals surface area contributed by atoms with Crippen LogP contribution in [0.3, 0.4) is 0 Å². The van der Waals surface area contributed by atoms with E-state index in [1.54, 1.807) is 0 Å². The molecule has 0 fully saturated rings. The predicted octanol–water partition coefficient (Wildman–Crippen LogP) is 5.74. The Labute approximate surface area is 159 Å². The Hall–Kier alpha value is 1.10. The summed E-state index contributed by atoms with van der Waals surface area (Å²) < 4.78 is 26.8. The lowest BCUT2D eigenvalue weighted by molar-refractivity contribution is 0.145. The van der Waals surface area contributed by atoms with Crippen LogP contribution in [0.25, 0.3) is 0 Å². The fourth-order valence-electron chi connectivity index (χ4n) is 1.66. The first-order valence-corrected chi connectivity index (χ1v) is 14.3. The van der Waals surface area contributed by atoms with Crippen LogP contribution in [0.15, 0.2) is 0 Å². The van der Waals surface area contributed by atoms with Gasteiger partial charge in [0.1, 0.15) is 0 Å². The molecule has 0 aromatic rings. The summed E-state index contributed by atoms with van der Waals surface area (Å²) in [6.07, 6.45) is 2.20. The maximum Gasteiger partial charge on any atom is 0.327 e. The Morgan fingerprint density at radius 2 is 1.04 bits per heavy atom. The first-order chi connectivity index (χ1) is 11.2. The second-order valence-corrected chi connectivity index (χ2v) is 11.9. The molecule has 0 atom stereocenters. The fraction of sp³-hybridized carbons (Fsp3) is 1.00. The van der Waals surface area contributed by atoms with Crippen molar-refractivity contribution < 1.29 is 22.6 Å². The van der Waals surface area contributed by atoms with Crippen molar-refractivity contribution >= 4 is 36.8 Å². The van der Waals surface area contributed by atoms with E-state index >= 15 is 0 Å². The van der Waals surface area contributed by atoms with Crippen LogP contribution in [0, 0.1) is 5.92 Å². The maximum atomic E-state index is 5.64. The van der Waals surface area contributed by atoms with E-state index in [9.17, 15) is 0 Å². The van der Waals surface area contributed by atoms with Crippen molar-refractivity contribution in [3.8, 4) is 0 Å². The molecule has 0 unspecified atom stereocenters. The van der Waals surface area contributed by atoms with Gasteiger partial charge in [0.2, 0.25) is 0 Å². The Morgan fingerprint density at radius 1 is 0.667 bits per heavy atom. The predicted molar refractivity (Wildman–Crippen MR) is 111 cm³/mol. The molecule has 0 aliphatic rings. The van der Waals surface area contributed by atoms with Gasteiger partial charge in [0, 0.05) is 6.66 Å². The van der Waals surface area contributed by atoms with Gasteiger partial charge in [0.15, 0.2) is 6.49 Å². The van der Waals surface area contributed by atoms with Crippen LogP contribution < -0.4 is 0 Å². The van der Waals surface area contributed by atoms with Crippen LogP contribution in [0.1, 0.15) is 54.4 Å². The molecule has 0 bridgehead atoms. The highest BCUT2D eigenvalue weighted by molar-refractivity contribution is 8.09. The van der Waals surface area contributed by atoms with Gasteiger partial charge in [-0.1, -0.05) is 26.7 Å². The molecule has 0 N–H and O–H groups in total. The molecule has 0 spiro atoms. The van der Waals surface area contributed by atoms with Gasteiger partial charge in [-0.2, -0.15) is 0 Å². The van der Waals surface area contributed by atoms with Crippen LogP contribution in [0.2, 0.25) is 0 Å². The second-order valence-electron chi connectivity index (χ2n) is 4.87. The molecule has 148 valence electrons. The van der Waals surface area contributed by atoms with E-state index in [0.717, 1.165) is 12.8 Å². The lowest BCUT2D eigenvalue weighted by Gasteiger charge is -2.22. The van der Waals surface area contributed by atoms with Crippen molar-refractivity contribution in [3.63, 3.8) is 0 Å². The summed E-state index contributed by atoms with van der Waals surface area (Å²) in [5.41, 5.74) is 0. The minimum Gasteiger partial charge on any atom is -0.330 e. The van der Waals surface area contributed by atoms with Gasteiger partial charge in [-0.05, 0) is 57.2 Å². The van der Waals surface area contributed by atoms with E-state index in [1.165, 1.54) is 0 Å². The minimum absolute atomic E-state index is 0.542. The molecule has 0 aromatic heterocycles. The van der Waals surface area contributed by atoms with Gasteiger partial charge >= 0.3 is 6.72 Å². The largest absolute Gasteiger partial charge is 0.330 e. The topological polar surface area (TPSA) is 46.2 Å². The molecule has 0 heterocycles. The van der Waals surface area contributed by atoms with E-state index < -0.39 is 13.2 Å². The monoisotopic (exact) mass is 422 g/mol. The minimum atomic E-state index is -2.47. The molecule has 24 heavy (non-hydrogen) atoms. The van der Waals surface area contributed by atoms with Crippen molar-refractivity contribution in [2.45, 2.75) is 54.4 Å². The van der Waals surface area contributed by atoms with Crippen molar-refractivity contribution in [2.75, 3.05) is 39.7 Å². The number of rotatable bonds is 13. The van der Waals surface area contributed by atoms with Crippen LogP contribution in [-0.4, -0.2) is 39.7 Å². The van der Waals surface area contributed by atoms with Gasteiger partial charge in [0.05, 0.1) is 33.0 Å². The first kappa shape index (κ1) is 27.3. The molecule has 0 aromatic carbocycles. The van der Waals surface area contributed by atoms with Crippen LogP contribution in [0.5, 0.6) is 0 Å². The molecule has 0 saturated carbocycles. The maximum absolute atomic E-state index is 5.64. The normalized spacial score (nSPS) is 12.2. The highest BCUT2D eigenvalue weighted by Crippen LogP contribution is 2.50. The lowest BCUT2D eigenvalue weighted by atomic mass is 10.1. The van der Waals surface area contributed by atoms with Crippen LogP contribution in [0.4, 0.5) is 0 Å². The third kappa shape index (κ3) is 15.4. The second kappa shape index (κ2) is 16.3. The van der Waals surface area contributed by atoms with E-state index in [0.29, 0.717) is 39.0 Å². The molecule has 0 amide bonds. The Balaban J connectivity index is 0. The third-order valence-electron chi connectivity index (χ3n) is 2.92. The van der Waals surface area contributed by atoms with E-state index in [4.69, 9.17) is 46.2 Å². The Bertz CT molecular complexity index is 359. The number of hydrogen-bond acceptors (Lipinski definition) is 7. The summed E-state index contributed by atoms with van der Waals surface area (Å²) in [5.74, 6) is 0.549. The zero-order valence-electron chi connectivity index (χ0n) is 16.3. The average molecular weight is 423 g/mol. The fourth-order valence-corrected chi connectivity index (χ4v) is 5.36. The molecule has 0 aliphatic carbocycles. The molecular formula is C15H36O5P2S2. The SMILES string of the molecule is CCOP(=S)(OCC)OCC(CC)CC.CCOP(C)(=S)OCC. The molecule has 5 nitrogen and oxygen atoms in total. The average Bonchev–Trinajstić information content (AvgIpc) is 2.49. The molecule has 0 saturated heterocycles. The van der Waals surface area contributed by atoms with E-state index in [-0.39, 0.29) is 0 Å². The highest BCUT2D eigenvalue weighted by Gasteiger charge is 2.20. The van der Waals surface area contributed by atoms with Crippen molar-refractivity contribution in [2.24, 2.45) is 5.92 Å². The van der Waals surface area contributed by atoms with Gasteiger partial charge in [-0.15, -0.1) is 0 Å². The molecule has 0 aliphatic heterocycles. The van der Waals surface area contributed by atoms with Gasteiger partial charge in [-0.3, -0.25) is 0 Å². The van der Waals surface area contributed by atoms with E-state index in [2.05, 4.69) is 13.8 Å². The summed E-state index contributed by atoms with van der Waals surface area (Å²) >= 11 is 10.3. The van der Waals surface area contributed by atoms with Gasteiger partial charge in [-0.25, -0.2) is 0 Å². The van der Waals surface area contributed by atoms with Gasteiger partial charge in [0.25, 0.3) is 0 Å². The summed E-state index contributed by atoms with van der Waals surface area (Å²) in [7, 11) is 0. The first-order valence-electron chi connectivity index (χ1n) is 8.64. The highest BCUT2D eigenvalue weighted by atomic mass is 32.5.